The lowest BCUT2D eigenvalue weighted by molar-refractivity contribution is -0.115. The highest BCUT2D eigenvalue weighted by Crippen LogP contribution is 2.27. The van der Waals surface area contributed by atoms with Gasteiger partial charge in [-0.2, -0.15) is 5.10 Å². The van der Waals surface area contributed by atoms with Crippen LogP contribution < -0.4 is 5.32 Å². The van der Waals surface area contributed by atoms with Crippen LogP contribution in [0, 0.1) is 13.8 Å². The Labute approximate surface area is 141 Å². The summed E-state index contributed by atoms with van der Waals surface area (Å²) in [6.07, 6.45) is 0.810. The van der Waals surface area contributed by atoms with Crippen molar-refractivity contribution in [2.45, 2.75) is 32.7 Å². The van der Waals surface area contributed by atoms with Crippen LogP contribution in [-0.2, 0) is 21.1 Å². The van der Waals surface area contributed by atoms with Crippen LogP contribution in [0.1, 0.15) is 29.3 Å². The minimum atomic E-state index is -3.01. The van der Waals surface area contributed by atoms with E-state index in [0.717, 1.165) is 16.8 Å². The molecule has 1 N–H and O–H groups in total. The number of sulfone groups is 1. The SMILES string of the molecule is Cc1cc(NC(=O)Cc2ccccc2C)n(C2CCS(=O)(=O)C2)n1. The third kappa shape index (κ3) is 3.67. The van der Waals surface area contributed by atoms with Crippen molar-refractivity contribution in [3.8, 4) is 0 Å². The molecule has 24 heavy (non-hydrogen) atoms. The van der Waals surface area contributed by atoms with Gasteiger partial charge in [-0.05, 0) is 31.4 Å². The van der Waals surface area contributed by atoms with E-state index < -0.39 is 9.84 Å². The average molecular weight is 347 g/mol. The second-order valence-electron chi connectivity index (χ2n) is 6.32. The number of hydrogen-bond acceptors (Lipinski definition) is 4. The van der Waals surface area contributed by atoms with Crippen LogP contribution in [0.5, 0.6) is 0 Å². The van der Waals surface area contributed by atoms with Crippen LogP contribution in [0.15, 0.2) is 30.3 Å². The predicted octanol–water partition coefficient (Wildman–Crippen LogP) is 2.04. The molecule has 1 unspecified atom stereocenters. The maximum Gasteiger partial charge on any atom is 0.229 e. The number of nitrogens with zero attached hydrogens (tertiary/aromatic N) is 2. The molecule has 3 rings (SSSR count). The summed E-state index contributed by atoms with van der Waals surface area (Å²) in [7, 11) is -3.01. The molecule has 2 heterocycles. The number of carbonyl (C=O) groups excluding carboxylic acids is 1. The molecule has 1 fully saturated rings. The molecule has 0 radical (unpaired) electrons. The molecule has 1 atom stereocenters. The summed E-state index contributed by atoms with van der Waals surface area (Å²) in [5.74, 6) is 0.682. The van der Waals surface area contributed by atoms with Crippen LogP contribution in [0.3, 0.4) is 0 Å². The standard InChI is InChI=1S/C17H21N3O3S/c1-12-5-3-4-6-14(12)10-17(21)18-16-9-13(2)19-20(16)15-7-8-24(22,23)11-15/h3-6,9,15H,7-8,10-11H2,1-2H3,(H,18,21). The van der Waals surface area contributed by atoms with Crippen molar-refractivity contribution in [2.75, 3.05) is 16.8 Å². The van der Waals surface area contributed by atoms with E-state index in [1.54, 1.807) is 10.7 Å². The molecule has 6 nitrogen and oxygen atoms in total. The van der Waals surface area contributed by atoms with E-state index in [4.69, 9.17) is 0 Å². The van der Waals surface area contributed by atoms with Crippen LogP contribution in [0.25, 0.3) is 0 Å². The number of rotatable bonds is 4. The van der Waals surface area contributed by atoms with Gasteiger partial charge < -0.3 is 5.32 Å². The number of amides is 1. The molecule has 1 aromatic carbocycles. The summed E-state index contributed by atoms with van der Waals surface area (Å²) in [5.41, 5.74) is 2.80. The molecule has 128 valence electrons. The average Bonchev–Trinajstić information content (AvgIpc) is 3.03. The minimum absolute atomic E-state index is 0.0782. The topological polar surface area (TPSA) is 81.1 Å². The molecular weight excluding hydrogens is 326 g/mol. The molecule has 1 aliphatic heterocycles. The van der Waals surface area contributed by atoms with Gasteiger partial charge in [0.1, 0.15) is 5.82 Å². The Morgan fingerprint density at radius 2 is 2.08 bits per heavy atom. The lowest BCUT2D eigenvalue weighted by Crippen LogP contribution is -2.21. The third-order valence-corrected chi connectivity index (χ3v) is 6.04. The molecule has 1 saturated heterocycles. The highest BCUT2D eigenvalue weighted by molar-refractivity contribution is 7.91. The highest BCUT2D eigenvalue weighted by Gasteiger charge is 2.31. The van der Waals surface area contributed by atoms with Crippen LogP contribution in [0.4, 0.5) is 5.82 Å². The highest BCUT2D eigenvalue weighted by atomic mass is 32.2. The third-order valence-electron chi connectivity index (χ3n) is 4.29. The van der Waals surface area contributed by atoms with Crippen molar-refractivity contribution in [1.82, 2.24) is 9.78 Å². The molecule has 7 heteroatoms. The normalized spacial score (nSPS) is 19.3. The second-order valence-corrected chi connectivity index (χ2v) is 8.55. The van der Waals surface area contributed by atoms with Gasteiger partial charge in [-0.15, -0.1) is 0 Å². The first kappa shape index (κ1) is 16.7. The molecule has 1 aromatic heterocycles. The van der Waals surface area contributed by atoms with Gasteiger partial charge in [0.2, 0.25) is 5.91 Å². The van der Waals surface area contributed by atoms with Gasteiger partial charge in [0.25, 0.3) is 0 Å². The van der Waals surface area contributed by atoms with E-state index >= 15 is 0 Å². The van der Waals surface area contributed by atoms with Crippen molar-refractivity contribution in [3.05, 3.63) is 47.2 Å². The molecule has 0 bridgehead atoms. The van der Waals surface area contributed by atoms with Crippen molar-refractivity contribution in [2.24, 2.45) is 0 Å². The zero-order chi connectivity index (χ0) is 17.3. The number of aryl methyl sites for hydroxylation is 2. The summed E-state index contributed by atoms with van der Waals surface area (Å²) >= 11 is 0. The van der Waals surface area contributed by atoms with Crippen molar-refractivity contribution < 1.29 is 13.2 Å². The summed E-state index contributed by atoms with van der Waals surface area (Å²) in [4.78, 5) is 12.4. The number of nitrogens with one attached hydrogen (secondary N) is 1. The number of benzene rings is 1. The zero-order valence-corrected chi connectivity index (χ0v) is 14.6. The maximum atomic E-state index is 12.4. The van der Waals surface area contributed by atoms with Gasteiger partial charge in [0.15, 0.2) is 9.84 Å². The van der Waals surface area contributed by atoms with E-state index in [0.29, 0.717) is 12.2 Å². The number of carbonyl (C=O) groups is 1. The van der Waals surface area contributed by atoms with E-state index in [-0.39, 0.29) is 29.9 Å². The van der Waals surface area contributed by atoms with Crippen molar-refractivity contribution in [1.29, 1.82) is 0 Å². The zero-order valence-electron chi connectivity index (χ0n) is 13.8. The van der Waals surface area contributed by atoms with Gasteiger partial charge in [-0.3, -0.25) is 4.79 Å². The van der Waals surface area contributed by atoms with Gasteiger partial charge in [0, 0.05) is 6.07 Å². The second kappa shape index (κ2) is 6.39. The van der Waals surface area contributed by atoms with Gasteiger partial charge in [-0.25, -0.2) is 13.1 Å². The maximum absolute atomic E-state index is 12.4. The Morgan fingerprint density at radius 3 is 2.75 bits per heavy atom. The molecule has 1 aliphatic rings. The van der Waals surface area contributed by atoms with Crippen molar-refractivity contribution in [3.63, 3.8) is 0 Å². The lowest BCUT2D eigenvalue weighted by Gasteiger charge is -2.14. The molecule has 1 amide bonds. The summed E-state index contributed by atoms with van der Waals surface area (Å²) in [6, 6.07) is 9.32. The van der Waals surface area contributed by atoms with Crippen LogP contribution in [-0.4, -0.2) is 35.6 Å². The number of aromatic nitrogens is 2. The van der Waals surface area contributed by atoms with Gasteiger partial charge in [-0.1, -0.05) is 24.3 Å². The molecule has 0 aliphatic carbocycles. The van der Waals surface area contributed by atoms with E-state index in [9.17, 15) is 13.2 Å². The van der Waals surface area contributed by atoms with Crippen LogP contribution in [0.2, 0.25) is 0 Å². The Bertz CT molecular complexity index is 871. The molecule has 0 spiro atoms. The van der Waals surface area contributed by atoms with Crippen molar-refractivity contribution >= 4 is 21.6 Å². The lowest BCUT2D eigenvalue weighted by atomic mass is 10.1. The summed E-state index contributed by atoms with van der Waals surface area (Å²) < 4.78 is 25.1. The fourth-order valence-electron chi connectivity index (χ4n) is 3.03. The van der Waals surface area contributed by atoms with Gasteiger partial charge >= 0.3 is 0 Å². The first-order chi connectivity index (χ1) is 11.3. The first-order valence-electron chi connectivity index (χ1n) is 7.95. The predicted molar refractivity (Wildman–Crippen MR) is 92.8 cm³/mol. The fourth-order valence-corrected chi connectivity index (χ4v) is 4.72. The summed E-state index contributed by atoms with van der Waals surface area (Å²) in [5, 5.41) is 7.25. The molecule has 2 aromatic rings. The van der Waals surface area contributed by atoms with E-state index in [2.05, 4.69) is 10.4 Å². The number of anilines is 1. The smallest absolute Gasteiger partial charge is 0.229 e. The van der Waals surface area contributed by atoms with E-state index in [1.807, 2.05) is 38.1 Å². The largest absolute Gasteiger partial charge is 0.311 e. The Balaban J connectivity index is 1.76. The number of hydrogen-bond donors (Lipinski definition) is 1. The monoisotopic (exact) mass is 347 g/mol. The summed E-state index contributed by atoms with van der Waals surface area (Å²) in [6.45, 7) is 3.80. The quantitative estimate of drug-likeness (QED) is 0.918. The Kier molecular flexibility index (Phi) is 4.45. The Hall–Kier alpha value is -2.15. The molecular formula is C17H21N3O3S. The minimum Gasteiger partial charge on any atom is -0.311 e. The first-order valence-corrected chi connectivity index (χ1v) is 9.77. The Morgan fingerprint density at radius 1 is 1.33 bits per heavy atom. The molecule has 0 saturated carbocycles. The van der Waals surface area contributed by atoms with E-state index in [1.165, 1.54) is 0 Å². The van der Waals surface area contributed by atoms with Crippen LogP contribution >= 0.6 is 0 Å². The van der Waals surface area contributed by atoms with Gasteiger partial charge in [0.05, 0.1) is 29.7 Å². The fraction of sp³-hybridized carbons (Fsp3) is 0.412.